The largest absolute Gasteiger partial charge is 0.426 e. The van der Waals surface area contributed by atoms with Crippen molar-refractivity contribution in [3.8, 4) is 11.5 Å². The van der Waals surface area contributed by atoms with E-state index in [4.69, 9.17) is 32.7 Å². The first-order valence-electron chi connectivity index (χ1n) is 9.45. The van der Waals surface area contributed by atoms with Crippen LogP contribution in [0.2, 0.25) is 10.0 Å². The zero-order valence-electron chi connectivity index (χ0n) is 15.7. The second kappa shape index (κ2) is 12.4. The van der Waals surface area contributed by atoms with Crippen molar-refractivity contribution in [2.24, 2.45) is 0 Å². The predicted octanol–water partition coefficient (Wildman–Crippen LogP) is 6.63. The van der Waals surface area contributed by atoms with E-state index in [1.807, 2.05) is 0 Å². The fourth-order valence-electron chi connectivity index (χ4n) is 2.67. The van der Waals surface area contributed by atoms with Crippen molar-refractivity contribution in [2.75, 3.05) is 0 Å². The van der Waals surface area contributed by atoms with Crippen LogP contribution >= 0.6 is 23.2 Å². The van der Waals surface area contributed by atoms with Gasteiger partial charge >= 0.3 is 11.9 Å². The Hall–Kier alpha value is -2.04. The number of carbonyl (C=O) groups is 2. The van der Waals surface area contributed by atoms with Gasteiger partial charge in [0.2, 0.25) is 0 Å². The van der Waals surface area contributed by atoms with Crippen LogP contribution in [0.5, 0.6) is 11.5 Å². The Morgan fingerprint density at radius 1 is 0.643 bits per heavy atom. The third-order valence-electron chi connectivity index (χ3n) is 4.07. The summed E-state index contributed by atoms with van der Waals surface area (Å²) in [4.78, 5) is 23.6. The van der Waals surface area contributed by atoms with E-state index in [2.05, 4.69) is 0 Å². The lowest BCUT2D eigenvalue weighted by atomic mass is 10.1. The Balaban J connectivity index is 1.47. The molecule has 2 aromatic carbocycles. The van der Waals surface area contributed by atoms with Crippen LogP contribution in [0.4, 0.5) is 0 Å². The molecule has 0 unspecified atom stereocenters. The Kier molecular flexibility index (Phi) is 9.87. The van der Waals surface area contributed by atoms with Crippen molar-refractivity contribution >= 4 is 35.1 Å². The van der Waals surface area contributed by atoms with Gasteiger partial charge in [0.1, 0.15) is 11.5 Å². The first-order valence-corrected chi connectivity index (χ1v) is 10.2. The zero-order valence-corrected chi connectivity index (χ0v) is 17.2. The molecule has 2 rings (SSSR count). The second-order valence-electron chi connectivity index (χ2n) is 6.48. The van der Waals surface area contributed by atoms with Gasteiger partial charge in [0, 0.05) is 22.9 Å². The van der Waals surface area contributed by atoms with E-state index in [-0.39, 0.29) is 11.9 Å². The third-order valence-corrected chi connectivity index (χ3v) is 4.54. The van der Waals surface area contributed by atoms with E-state index in [1.54, 1.807) is 48.5 Å². The van der Waals surface area contributed by atoms with Crippen LogP contribution in [0.15, 0.2) is 48.5 Å². The minimum absolute atomic E-state index is 0.244. The van der Waals surface area contributed by atoms with Gasteiger partial charge in [-0.25, -0.2) is 0 Å². The van der Waals surface area contributed by atoms with Gasteiger partial charge in [0.15, 0.2) is 0 Å². The number of esters is 2. The fourth-order valence-corrected chi connectivity index (χ4v) is 3.03. The molecule has 0 aliphatic carbocycles. The summed E-state index contributed by atoms with van der Waals surface area (Å²) >= 11 is 11.7. The number of rotatable bonds is 11. The van der Waals surface area contributed by atoms with Crippen LogP contribution in [0.25, 0.3) is 0 Å². The summed E-state index contributed by atoms with van der Waals surface area (Å²) in [5, 5.41) is 1.09. The maximum atomic E-state index is 11.8. The van der Waals surface area contributed by atoms with Crippen molar-refractivity contribution in [2.45, 2.75) is 51.4 Å². The molecule has 0 heterocycles. The van der Waals surface area contributed by atoms with Crippen molar-refractivity contribution in [1.82, 2.24) is 0 Å². The van der Waals surface area contributed by atoms with Crippen LogP contribution in [-0.4, -0.2) is 11.9 Å². The first-order chi connectivity index (χ1) is 13.5. The molecule has 0 amide bonds. The molecule has 0 bridgehead atoms. The van der Waals surface area contributed by atoms with Crippen molar-refractivity contribution in [3.05, 3.63) is 58.6 Å². The highest BCUT2D eigenvalue weighted by Crippen LogP contribution is 2.19. The molecule has 0 radical (unpaired) electrons. The van der Waals surface area contributed by atoms with Gasteiger partial charge in [-0.15, -0.1) is 0 Å². The maximum Gasteiger partial charge on any atom is 0.311 e. The van der Waals surface area contributed by atoms with Crippen LogP contribution in [0.3, 0.4) is 0 Å². The van der Waals surface area contributed by atoms with Gasteiger partial charge in [0.25, 0.3) is 0 Å². The summed E-state index contributed by atoms with van der Waals surface area (Å²) in [6.07, 6.45) is 6.31. The summed E-state index contributed by atoms with van der Waals surface area (Å²) in [7, 11) is 0. The maximum absolute atomic E-state index is 11.8. The van der Waals surface area contributed by atoms with Crippen LogP contribution < -0.4 is 9.47 Å². The molecular weight excluding hydrogens is 399 g/mol. The minimum atomic E-state index is -0.244. The standard InChI is InChI=1S/C22H24Cl2O4/c23-17-9-7-11-19(15-17)27-21(25)13-5-3-1-2-4-6-14-22(26)28-20-12-8-10-18(24)16-20/h7-12,15-16H,1-6,13-14H2. The zero-order chi connectivity index (χ0) is 20.2. The Morgan fingerprint density at radius 3 is 1.43 bits per heavy atom. The Labute approximate surface area is 175 Å². The predicted molar refractivity (Wildman–Crippen MR) is 111 cm³/mol. The van der Waals surface area contributed by atoms with Crippen LogP contribution in [0, 0.1) is 0 Å². The van der Waals surface area contributed by atoms with Crippen molar-refractivity contribution < 1.29 is 19.1 Å². The van der Waals surface area contributed by atoms with Crippen molar-refractivity contribution in [3.63, 3.8) is 0 Å². The number of hydrogen-bond acceptors (Lipinski definition) is 4. The minimum Gasteiger partial charge on any atom is -0.426 e. The topological polar surface area (TPSA) is 52.6 Å². The number of halogens is 2. The SMILES string of the molecule is O=C(CCCCCCCCC(=O)Oc1cccc(Cl)c1)Oc1cccc(Cl)c1. The molecule has 2 aromatic rings. The molecule has 0 atom stereocenters. The molecule has 0 aromatic heterocycles. The van der Waals surface area contributed by atoms with Gasteiger partial charge in [-0.3, -0.25) is 9.59 Å². The van der Waals surface area contributed by atoms with E-state index in [0.29, 0.717) is 34.4 Å². The molecule has 0 saturated carbocycles. The number of carbonyl (C=O) groups excluding carboxylic acids is 2. The Bertz CT molecular complexity index is 711. The number of ether oxygens (including phenoxy) is 2. The van der Waals surface area contributed by atoms with Gasteiger partial charge in [-0.2, -0.15) is 0 Å². The van der Waals surface area contributed by atoms with Gasteiger partial charge in [-0.05, 0) is 49.2 Å². The molecule has 28 heavy (non-hydrogen) atoms. The molecule has 4 nitrogen and oxygen atoms in total. The molecule has 0 saturated heterocycles. The quantitative estimate of drug-likeness (QED) is 0.231. The molecule has 0 N–H and O–H groups in total. The molecule has 6 heteroatoms. The Morgan fingerprint density at radius 2 is 1.04 bits per heavy atom. The first kappa shape index (κ1) is 22.3. The highest BCUT2D eigenvalue weighted by molar-refractivity contribution is 6.31. The lowest BCUT2D eigenvalue weighted by Gasteiger charge is -2.05. The average molecular weight is 423 g/mol. The third kappa shape index (κ3) is 9.25. The lowest BCUT2D eigenvalue weighted by Crippen LogP contribution is -2.07. The van der Waals surface area contributed by atoms with E-state index in [9.17, 15) is 9.59 Å². The van der Waals surface area contributed by atoms with Gasteiger partial charge in [-0.1, -0.05) is 61.0 Å². The van der Waals surface area contributed by atoms with Gasteiger partial charge in [0.05, 0.1) is 0 Å². The molecule has 0 fully saturated rings. The lowest BCUT2D eigenvalue weighted by molar-refractivity contribution is -0.135. The van der Waals surface area contributed by atoms with Gasteiger partial charge < -0.3 is 9.47 Å². The molecule has 0 aliphatic heterocycles. The smallest absolute Gasteiger partial charge is 0.311 e. The van der Waals surface area contributed by atoms with Crippen LogP contribution in [-0.2, 0) is 9.59 Å². The van der Waals surface area contributed by atoms with Crippen molar-refractivity contribution in [1.29, 1.82) is 0 Å². The van der Waals surface area contributed by atoms with E-state index in [1.165, 1.54) is 0 Å². The number of hydrogen-bond donors (Lipinski definition) is 0. The fraction of sp³-hybridized carbons (Fsp3) is 0.364. The molecule has 0 spiro atoms. The van der Waals surface area contributed by atoms with E-state index >= 15 is 0 Å². The monoisotopic (exact) mass is 422 g/mol. The summed E-state index contributed by atoms with van der Waals surface area (Å²) in [6.45, 7) is 0. The number of benzene rings is 2. The van der Waals surface area contributed by atoms with Crippen LogP contribution in [0.1, 0.15) is 51.4 Å². The normalized spacial score (nSPS) is 10.5. The molecule has 150 valence electrons. The highest BCUT2D eigenvalue weighted by atomic mass is 35.5. The summed E-state index contributed by atoms with van der Waals surface area (Å²) in [5.41, 5.74) is 0. The summed E-state index contributed by atoms with van der Waals surface area (Å²) in [6, 6.07) is 13.6. The average Bonchev–Trinajstić information content (AvgIpc) is 2.64. The molecular formula is C22H24Cl2O4. The number of unbranched alkanes of at least 4 members (excludes halogenated alkanes) is 5. The van der Waals surface area contributed by atoms with E-state index < -0.39 is 0 Å². The molecule has 0 aliphatic rings. The van der Waals surface area contributed by atoms with E-state index in [0.717, 1.165) is 38.5 Å². The second-order valence-corrected chi connectivity index (χ2v) is 7.36. The summed E-state index contributed by atoms with van der Waals surface area (Å²) in [5.74, 6) is 0.460. The highest BCUT2D eigenvalue weighted by Gasteiger charge is 2.06. The summed E-state index contributed by atoms with van der Waals surface area (Å²) < 4.78 is 10.5.